The molecule has 1 atom stereocenters. The molecule has 0 aliphatic heterocycles. The number of rotatable bonds is 5. The molecule has 0 heterocycles. The molecule has 0 spiro atoms. The molecule has 0 radical (unpaired) electrons. The van der Waals surface area contributed by atoms with Crippen LogP contribution in [0.4, 0.5) is 0 Å². The second-order valence-corrected chi connectivity index (χ2v) is 4.87. The SMILES string of the molecule is COOOc1cccc(C(C)c2ccccc2C)c1C. The largest absolute Gasteiger partial charge is 0.308 e. The highest BCUT2D eigenvalue weighted by Crippen LogP contribution is 2.32. The van der Waals surface area contributed by atoms with Crippen molar-refractivity contribution in [2.45, 2.75) is 26.7 Å². The highest BCUT2D eigenvalue weighted by atomic mass is 17.5. The zero-order valence-corrected chi connectivity index (χ0v) is 12.3. The molecule has 3 heteroatoms. The first-order valence-electron chi connectivity index (χ1n) is 6.67. The van der Waals surface area contributed by atoms with Gasteiger partial charge in [0.15, 0.2) is 5.75 Å². The molecule has 106 valence electrons. The fourth-order valence-electron chi connectivity index (χ4n) is 2.50. The van der Waals surface area contributed by atoms with Gasteiger partial charge in [0.2, 0.25) is 0 Å². The summed E-state index contributed by atoms with van der Waals surface area (Å²) in [4.78, 5) is 9.60. The van der Waals surface area contributed by atoms with Gasteiger partial charge in [0, 0.05) is 5.92 Å². The van der Waals surface area contributed by atoms with Gasteiger partial charge in [-0.05, 0) is 47.2 Å². The monoisotopic (exact) mass is 272 g/mol. The van der Waals surface area contributed by atoms with E-state index in [2.05, 4.69) is 54.1 Å². The Labute approximate surface area is 120 Å². The maximum absolute atomic E-state index is 5.12. The molecule has 0 N–H and O–H groups in total. The predicted octanol–water partition coefficient (Wildman–Crippen LogP) is 4.33. The predicted molar refractivity (Wildman–Crippen MR) is 78.6 cm³/mol. The van der Waals surface area contributed by atoms with Gasteiger partial charge in [0.25, 0.3) is 0 Å². The van der Waals surface area contributed by atoms with Crippen LogP contribution in [-0.4, -0.2) is 7.11 Å². The van der Waals surface area contributed by atoms with Gasteiger partial charge in [-0.2, -0.15) is 4.89 Å². The summed E-state index contributed by atoms with van der Waals surface area (Å²) in [5, 5.41) is 4.56. The highest BCUT2D eigenvalue weighted by molar-refractivity contribution is 5.45. The summed E-state index contributed by atoms with van der Waals surface area (Å²) in [5.41, 5.74) is 4.89. The normalized spacial score (nSPS) is 12.2. The van der Waals surface area contributed by atoms with Gasteiger partial charge >= 0.3 is 0 Å². The second kappa shape index (κ2) is 6.55. The van der Waals surface area contributed by atoms with E-state index < -0.39 is 0 Å². The third-order valence-corrected chi connectivity index (χ3v) is 3.64. The Balaban J connectivity index is 2.35. The molecule has 0 aliphatic rings. The lowest BCUT2D eigenvalue weighted by molar-refractivity contribution is -0.453. The Morgan fingerprint density at radius 3 is 2.30 bits per heavy atom. The Morgan fingerprint density at radius 1 is 0.900 bits per heavy atom. The van der Waals surface area contributed by atoms with Gasteiger partial charge in [-0.25, -0.2) is 0 Å². The molecule has 2 aromatic carbocycles. The summed E-state index contributed by atoms with van der Waals surface area (Å²) in [7, 11) is 1.41. The topological polar surface area (TPSA) is 27.7 Å². The van der Waals surface area contributed by atoms with E-state index in [1.807, 2.05) is 19.1 Å². The first kappa shape index (κ1) is 14.6. The quantitative estimate of drug-likeness (QED) is 0.599. The average Bonchev–Trinajstić information content (AvgIpc) is 2.46. The van der Waals surface area contributed by atoms with Crippen LogP contribution in [0.25, 0.3) is 0 Å². The minimum Gasteiger partial charge on any atom is -0.308 e. The van der Waals surface area contributed by atoms with Gasteiger partial charge in [-0.1, -0.05) is 43.3 Å². The third-order valence-electron chi connectivity index (χ3n) is 3.64. The van der Waals surface area contributed by atoms with Crippen LogP contribution in [0.1, 0.15) is 35.1 Å². The van der Waals surface area contributed by atoms with Crippen molar-refractivity contribution in [3.8, 4) is 5.75 Å². The standard InChI is InChI=1S/C17H20O3/c1-12-8-5-6-9-15(12)13(2)16-10-7-11-17(14(16)3)19-20-18-4/h5-11,13H,1-4H3. The Bertz CT molecular complexity index is 578. The van der Waals surface area contributed by atoms with Crippen molar-refractivity contribution >= 4 is 0 Å². The molecule has 0 bridgehead atoms. The molecule has 0 saturated carbocycles. The van der Waals surface area contributed by atoms with Crippen molar-refractivity contribution in [3.05, 3.63) is 64.7 Å². The maximum Gasteiger partial charge on any atom is 0.171 e. The smallest absolute Gasteiger partial charge is 0.171 e. The van der Waals surface area contributed by atoms with Crippen LogP contribution in [0.3, 0.4) is 0 Å². The van der Waals surface area contributed by atoms with Crippen LogP contribution in [0, 0.1) is 13.8 Å². The van der Waals surface area contributed by atoms with Crippen molar-refractivity contribution in [3.63, 3.8) is 0 Å². The fourth-order valence-corrected chi connectivity index (χ4v) is 2.50. The van der Waals surface area contributed by atoms with E-state index in [0.29, 0.717) is 11.7 Å². The Morgan fingerprint density at radius 2 is 1.60 bits per heavy atom. The van der Waals surface area contributed by atoms with Crippen LogP contribution in [0.15, 0.2) is 42.5 Å². The molecule has 0 aliphatic carbocycles. The van der Waals surface area contributed by atoms with E-state index in [4.69, 9.17) is 4.89 Å². The molecule has 20 heavy (non-hydrogen) atoms. The van der Waals surface area contributed by atoms with E-state index in [1.165, 1.54) is 23.8 Å². The van der Waals surface area contributed by atoms with Gasteiger partial charge in [-0.15, -0.1) is 0 Å². The summed E-state index contributed by atoms with van der Waals surface area (Å²) >= 11 is 0. The molecular formula is C17H20O3. The van der Waals surface area contributed by atoms with Gasteiger partial charge in [-0.3, -0.25) is 0 Å². The molecule has 0 aromatic heterocycles. The van der Waals surface area contributed by atoms with Crippen LogP contribution in [0.5, 0.6) is 5.75 Å². The molecule has 1 unspecified atom stereocenters. The summed E-state index contributed by atoms with van der Waals surface area (Å²) in [5.74, 6) is 0.965. The number of aryl methyl sites for hydroxylation is 1. The van der Waals surface area contributed by atoms with Crippen molar-refractivity contribution in [1.82, 2.24) is 0 Å². The van der Waals surface area contributed by atoms with E-state index in [-0.39, 0.29) is 0 Å². The van der Waals surface area contributed by atoms with Crippen molar-refractivity contribution < 1.29 is 14.8 Å². The van der Waals surface area contributed by atoms with Crippen molar-refractivity contribution in [2.24, 2.45) is 0 Å². The molecule has 2 aromatic rings. The summed E-state index contributed by atoms with van der Waals surface area (Å²) in [6.45, 7) is 6.36. The molecular weight excluding hydrogens is 252 g/mol. The van der Waals surface area contributed by atoms with Gasteiger partial charge < -0.3 is 4.89 Å². The van der Waals surface area contributed by atoms with Gasteiger partial charge in [0.1, 0.15) is 0 Å². The van der Waals surface area contributed by atoms with Crippen molar-refractivity contribution in [2.75, 3.05) is 7.11 Å². The third kappa shape index (κ3) is 3.00. The Hall–Kier alpha value is -1.84. The van der Waals surface area contributed by atoms with E-state index in [0.717, 1.165) is 5.56 Å². The number of hydrogen-bond acceptors (Lipinski definition) is 3. The average molecular weight is 272 g/mol. The van der Waals surface area contributed by atoms with E-state index in [9.17, 15) is 0 Å². The summed E-state index contributed by atoms with van der Waals surface area (Å²) in [6.07, 6.45) is 0. The minimum atomic E-state index is 0.294. The maximum atomic E-state index is 5.12. The molecule has 0 fully saturated rings. The van der Waals surface area contributed by atoms with Crippen LogP contribution >= 0.6 is 0 Å². The first-order valence-corrected chi connectivity index (χ1v) is 6.67. The molecule has 3 nitrogen and oxygen atoms in total. The van der Waals surface area contributed by atoms with E-state index in [1.54, 1.807) is 0 Å². The van der Waals surface area contributed by atoms with Crippen molar-refractivity contribution in [1.29, 1.82) is 0 Å². The van der Waals surface area contributed by atoms with Crippen LogP contribution < -0.4 is 4.89 Å². The van der Waals surface area contributed by atoms with Gasteiger partial charge in [0.05, 0.1) is 7.11 Å². The van der Waals surface area contributed by atoms with Crippen LogP contribution in [-0.2, 0) is 9.93 Å². The lowest BCUT2D eigenvalue weighted by atomic mass is 9.87. The van der Waals surface area contributed by atoms with E-state index >= 15 is 0 Å². The molecule has 2 rings (SSSR count). The minimum absolute atomic E-state index is 0.294. The molecule has 0 saturated heterocycles. The molecule has 0 amide bonds. The lowest BCUT2D eigenvalue weighted by Gasteiger charge is -2.18. The first-order chi connectivity index (χ1) is 9.65. The lowest BCUT2D eigenvalue weighted by Crippen LogP contribution is -2.04. The fraction of sp³-hybridized carbons (Fsp3) is 0.294. The number of benzene rings is 2. The zero-order valence-electron chi connectivity index (χ0n) is 12.3. The van der Waals surface area contributed by atoms with Crippen LogP contribution in [0.2, 0.25) is 0 Å². The zero-order chi connectivity index (χ0) is 14.5. The summed E-state index contributed by atoms with van der Waals surface area (Å²) in [6, 6.07) is 14.4. The highest BCUT2D eigenvalue weighted by Gasteiger charge is 2.15. The Kier molecular flexibility index (Phi) is 4.77. The summed E-state index contributed by atoms with van der Waals surface area (Å²) < 4.78 is 0. The second-order valence-electron chi connectivity index (χ2n) is 4.87. The number of hydrogen-bond donors (Lipinski definition) is 0.